The summed E-state index contributed by atoms with van der Waals surface area (Å²) >= 11 is 0. The molecule has 7 heteroatoms. The van der Waals surface area contributed by atoms with Gasteiger partial charge in [0.25, 0.3) is 0 Å². The number of nitrogens with two attached hydrogens (primary N) is 1. The highest BCUT2D eigenvalue weighted by molar-refractivity contribution is 5.94. The highest BCUT2D eigenvalue weighted by Crippen LogP contribution is 2.39. The van der Waals surface area contributed by atoms with Crippen molar-refractivity contribution < 1.29 is 18.9 Å². The van der Waals surface area contributed by atoms with Gasteiger partial charge in [0.2, 0.25) is 5.75 Å². The van der Waals surface area contributed by atoms with Gasteiger partial charge in [0.05, 0.1) is 25.3 Å². The van der Waals surface area contributed by atoms with E-state index in [9.17, 15) is 4.79 Å². The zero-order chi connectivity index (χ0) is 24.1. The summed E-state index contributed by atoms with van der Waals surface area (Å²) in [6, 6.07) is 16.9. The predicted molar refractivity (Wildman–Crippen MR) is 135 cm³/mol. The summed E-state index contributed by atoms with van der Waals surface area (Å²) in [5, 5.41) is 1.26. The van der Waals surface area contributed by atoms with Crippen molar-refractivity contribution in [3.8, 4) is 23.0 Å². The van der Waals surface area contributed by atoms with Gasteiger partial charge in [-0.1, -0.05) is 24.8 Å². The third kappa shape index (κ3) is 4.43. The number of benzene rings is 3. The Labute approximate surface area is 197 Å². The van der Waals surface area contributed by atoms with Gasteiger partial charge in [-0.15, -0.1) is 0 Å². The number of rotatable bonds is 10. The van der Waals surface area contributed by atoms with Crippen LogP contribution in [0.25, 0.3) is 21.8 Å². The SMILES string of the molecule is C=CCOc1c(OC)cc(Cn2c3ccccc3c(=O)c3ccc(OCCN)cc32)cc1OC. The lowest BCUT2D eigenvalue weighted by molar-refractivity contribution is 0.300. The van der Waals surface area contributed by atoms with E-state index in [4.69, 9.17) is 24.7 Å². The lowest BCUT2D eigenvalue weighted by Crippen LogP contribution is -2.14. The molecule has 4 aromatic rings. The molecule has 0 amide bonds. The average molecular weight is 461 g/mol. The van der Waals surface area contributed by atoms with Crippen molar-refractivity contribution in [2.24, 2.45) is 5.73 Å². The Morgan fingerprint density at radius 3 is 2.32 bits per heavy atom. The number of hydrogen-bond acceptors (Lipinski definition) is 6. The molecule has 1 aromatic heterocycles. The molecule has 4 rings (SSSR count). The third-order valence-electron chi connectivity index (χ3n) is 5.54. The van der Waals surface area contributed by atoms with Gasteiger partial charge < -0.3 is 29.2 Å². The van der Waals surface area contributed by atoms with Crippen LogP contribution in [0.4, 0.5) is 0 Å². The minimum Gasteiger partial charge on any atom is -0.493 e. The van der Waals surface area contributed by atoms with Crippen molar-refractivity contribution in [1.29, 1.82) is 0 Å². The number of aromatic nitrogens is 1. The number of para-hydroxylation sites is 1. The Morgan fingerprint density at radius 2 is 1.65 bits per heavy atom. The Morgan fingerprint density at radius 1 is 0.941 bits per heavy atom. The molecule has 0 radical (unpaired) electrons. The number of hydrogen-bond donors (Lipinski definition) is 1. The Hall–Kier alpha value is -3.97. The van der Waals surface area contributed by atoms with E-state index in [1.54, 1.807) is 32.4 Å². The fraction of sp³-hybridized carbons (Fsp3) is 0.222. The first-order valence-electron chi connectivity index (χ1n) is 11.0. The summed E-state index contributed by atoms with van der Waals surface area (Å²) in [5.74, 6) is 2.28. The van der Waals surface area contributed by atoms with E-state index in [-0.39, 0.29) is 5.43 Å². The predicted octanol–water partition coefficient (Wildman–Crippen LogP) is 4.12. The van der Waals surface area contributed by atoms with Gasteiger partial charge in [-0.25, -0.2) is 0 Å². The van der Waals surface area contributed by atoms with Gasteiger partial charge in [-0.2, -0.15) is 0 Å². The van der Waals surface area contributed by atoms with E-state index in [0.717, 1.165) is 16.6 Å². The van der Waals surface area contributed by atoms with Crippen LogP contribution in [0.5, 0.6) is 23.0 Å². The number of nitrogens with zero attached hydrogens (tertiary/aromatic N) is 1. The average Bonchev–Trinajstić information content (AvgIpc) is 2.88. The second-order valence-electron chi connectivity index (χ2n) is 7.68. The Kier molecular flexibility index (Phi) is 7.04. The second kappa shape index (κ2) is 10.3. The zero-order valence-corrected chi connectivity index (χ0v) is 19.4. The van der Waals surface area contributed by atoms with Crippen LogP contribution in [-0.2, 0) is 6.54 Å². The maximum Gasteiger partial charge on any atom is 0.203 e. The smallest absolute Gasteiger partial charge is 0.203 e. The molecule has 0 atom stereocenters. The lowest BCUT2D eigenvalue weighted by atomic mass is 10.1. The molecule has 0 bridgehead atoms. The van der Waals surface area contributed by atoms with E-state index < -0.39 is 0 Å². The van der Waals surface area contributed by atoms with Crippen LogP contribution in [0.3, 0.4) is 0 Å². The van der Waals surface area contributed by atoms with Crippen molar-refractivity contribution in [1.82, 2.24) is 4.57 Å². The normalized spacial score (nSPS) is 10.9. The minimum atomic E-state index is -0.0180. The van der Waals surface area contributed by atoms with E-state index in [0.29, 0.717) is 60.1 Å². The summed E-state index contributed by atoms with van der Waals surface area (Å²) in [6.07, 6.45) is 1.66. The third-order valence-corrected chi connectivity index (χ3v) is 5.54. The van der Waals surface area contributed by atoms with Crippen LogP contribution < -0.4 is 30.1 Å². The molecule has 0 fully saturated rings. The maximum atomic E-state index is 13.2. The van der Waals surface area contributed by atoms with Crippen molar-refractivity contribution in [3.63, 3.8) is 0 Å². The van der Waals surface area contributed by atoms with Crippen LogP contribution in [-0.4, -0.2) is 38.5 Å². The first kappa shape index (κ1) is 23.2. The number of ether oxygens (including phenoxy) is 4. The first-order chi connectivity index (χ1) is 16.6. The topological polar surface area (TPSA) is 84.9 Å². The molecule has 0 aliphatic heterocycles. The van der Waals surface area contributed by atoms with Gasteiger partial charge in [0.15, 0.2) is 16.9 Å². The van der Waals surface area contributed by atoms with Crippen LogP contribution in [0.1, 0.15) is 5.56 Å². The summed E-state index contributed by atoms with van der Waals surface area (Å²) < 4.78 is 24.8. The lowest BCUT2D eigenvalue weighted by Gasteiger charge is -2.19. The molecule has 7 nitrogen and oxygen atoms in total. The molecule has 0 aliphatic rings. The molecular weight excluding hydrogens is 432 g/mol. The first-order valence-corrected chi connectivity index (χ1v) is 11.0. The molecule has 0 spiro atoms. The molecule has 0 saturated carbocycles. The molecule has 0 saturated heterocycles. The minimum absolute atomic E-state index is 0.0180. The van der Waals surface area contributed by atoms with Gasteiger partial charge in [-0.3, -0.25) is 4.79 Å². The molecule has 0 unspecified atom stereocenters. The van der Waals surface area contributed by atoms with Crippen molar-refractivity contribution in [2.75, 3.05) is 34.0 Å². The van der Waals surface area contributed by atoms with Crippen molar-refractivity contribution >= 4 is 21.8 Å². The number of methoxy groups -OCH3 is 2. The summed E-state index contributed by atoms with van der Waals surface area (Å²) in [5.41, 5.74) is 8.09. The van der Waals surface area contributed by atoms with E-state index >= 15 is 0 Å². The van der Waals surface area contributed by atoms with Crippen molar-refractivity contribution in [3.05, 3.63) is 83.0 Å². The fourth-order valence-electron chi connectivity index (χ4n) is 4.03. The Bertz CT molecular complexity index is 1370. The highest BCUT2D eigenvalue weighted by Gasteiger charge is 2.17. The highest BCUT2D eigenvalue weighted by atomic mass is 16.5. The van der Waals surface area contributed by atoms with Crippen LogP contribution in [0, 0.1) is 0 Å². The van der Waals surface area contributed by atoms with Gasteiger partial charge in [-0.05, 0) is 42.0 Å². The zero-order valence-electron chi connectivity index (χ0n) is 19.4. The number of fused-ring (bicyclic) bond motifs is 2. The van der Waals surface area contributed by atoms with Gasteiger partial charge in [0, 0.05) is 29.9 Å². The van der Waals surface area contributed by atoms with E-state index in [1.165, 1.54) is 0 Å². The summed E-state index contributed by atoms with van der Waals surface area (Å²) in [4.78, 5) is 13.2. The van der Waals surface area contributed by atoms with Crippen molar-refractivity contribution in [2.45, 2.75) is 6.54 Å². The van der Waals surface area contributed by atoms with E-state index in [2.05, 4.69) is 11.1 Å². The number of pyridine rings is 1. The van der Waals surface area contributed by atoms with Crippen LogP contribution in [0.15, 0.2) is 72.0 Å². The molecular formula is C27H28N2O5. The Balaban J connectivity index is 1.91. The standard InChI is InChI=1S/C27H28N2O5/c1-4-12-34-27-24(31-2)14-18(15-25(27)32-3)17-29-22-8-6-5-7-20(22)26(30)21-10-9-19(16-23(21)29)33-13-11-28/h4-10,14-16H,1,11-13,17,28H2,2-3H3. The van der Waals surface area contributed by atoms with Gasteiger partial charge in [0.1, 0.15) is 19.0 Å². The van der Waals surface area contributed by atoms with E-state index in [1.807, 2.05) is 42.5 Å². The van der Waals surface area contributed by atoms with Gasteiger partial charge >= 0.3 is 0 Å². The molecule has 0 aliphatic carbocycles. The summed E-state index contributed by atoms with van der Waals surface area (Å²) in [7, 11) is 3.18. The monoisotopic (exact) mass is 460 g/mol. The quantitative estimate of drug-likeness (QED) is 0.283. The molecule has 176 valence electrons. The second-order valence-corrected chi connectivity index (χ2v) is 7.68. The molecule has 1 heterocycles. The molecule has 34 heavy (non-hydrogen) atoms. The maximum absolute atomic E-state index is 13.2. The largest absolute Gasteiger partial charge is 0.493 e. The summed E-state index contributed by atoms with van der Waals surface area (Å²) in [6.45, 7) is 5.29. The van der Waals surface area contributed by atoms with Crippen LogP contribution >= 0.6 is 0 Å². The molecule has 3 aromatic carbocycles. The van der Waals surface area contributed by atoms with Crippen LogP contribution in [0.2, 0.25) is 0 Å². The fourth-order valence-corrected chi connectivity index (χ4v) is 4.03. The molecule has 2 N–H and O–H groups in total.